The molecule has 7 rings (SSSR count). The predicted octanol–water partition coefficient (Wildman–Crippen LogP) is 7.17. The topological polar surface area (TPSA) is 81.4 Å². The Labute approximate surface area is 272 Å². The highest BCUT2D eigenvalue weighted by Gasteiger charge is 2.28. The summed E-state index contributed by atoms with van der Waals surface area (Å²) in [6.07, 6.45) is 3.48. The van der Waals surface area contributed by atoms with E-state index in [1.165, 1.54) is 0 Å². The monoisotopic (exact) mass is 687 g/mol. The molecule has 0 saturated heterocycles. The molecule has 6 aromatic rings. The van der Waals surface area contributed by atoms with Crippen molar-refractivity contribution in [1.29, 1.82) is 0 Å². The summed E-state index contributed by atoms with van der Waals surface area (Å²) in [5.41, 5.74) is 4.14. The Morgan fingerprint density at radius 1 is 0.933 bits per heavy atom. The lowest BCUT2D eigenvalue weighted by atomic mass is 10.1. The minimum Gasteiger partial charge on any atom is -0.497 e. The van der Waals surface area contributed by atoms with Crippen LogP contribution in [0.1, 0.15) is 16.7 Å². The van der Waals surface area contributed by atoms with E-state index in [0.29, 0.717) is 53.8 Å². The van der Waals surface area contributed by atoms with Crippen molar-refractivity contribution in [1.82, 2.24) is 24.7 Å². The minimum atomic E-state index is -0.489. The highest BCUT2D eigenvalue weighted by Crippen LogP contribution is 2.41. The summed E-state index contributed by atoms with van der Waals surface area (Å²) < 4.78 is 28.6. The zero-order valence-corrected chi connectivity index (χ0v) is 26.9. The summed E-state index contributed by atoms with van der Waals surface area (Å²) in [5, 5.41) is 5.80. The van der Waals surface area contributed by atoms with E-state index >= 15 is 4.39 Å². The molecule has 0 aliphatic carbocycles. The van der Waals surface area contributed by atoms with Gasteiger partial charge < -0.3 is 19.3 Å². The van der Waals surface area contributed by atoms with Crippen LogP contribution in [-0.2, 0) is 26.2 Å². The first-order valence-electron chi connectivity index (χ1n) is 14.3. The number of hydrogen-bond donors (Lipinski definition) is 0. The molecule has 228 valence electrons. The van der Waals surface area contributed by atoms with Crippen LogP contribution in [0.15, 0.2) is 77.5 Å². The first-order chi connectivity index (χ1) is 21.9. The fourth-order valence-corrected chi connectivity index (χ4v) is 6.50. The Bertz CT molecular complexity index is 1970. The quantitative estimate of drug-likeness (QED) is 0.148. The molecule has 12 heteroatoms. The number of aromatic nitrogens is 5. The van der Waals surface area contributed by atoms with Gasteiger partial charge in [0, 0.05) is 43.3 Å². The molecule has 1 aliphatic rings. The Hall–Kier alpha value is -4.48. The molecule has 0 spiro atoms. The smallest absolute Gasteiger partial charge is 0.225 e. The van der Waals surface area contributed by atoms with Crippen molar-refractivity contribution >= 4 is 61.0 Å². The molecular formula is C33H28BrClFN7O2. The molecule has 0 unspecified atom stereocenters. The van der Waals surface area contributed by atoms with Gasteiger partial charge in [-0.2, -0.15) is 10.1 Å². The van der Waals surface area contributed by atoms with Gasteiger partial charge in [-0.25, -0.2) is 14.4 Å². The lowest BCUT2D eigenvalue weighted by molar-refractivity contribution is 0.414. The largest absolute Gasteiger partial charge is 0.497 e. The lowest BCUT2D eigenvalue weighted by Gasteiger charge is -2.29. The third-order valence-corrected chi connectivity index (χ3v) is 8.99. The van der Waals surface area contributed by atoms with E-state index in [2.05, 4.69) is 71.1 Å². The van der Waals surface area contributed by atoms with Crippen molar-refractivity contribution in [2.75, 3.05) is 30.6 Å². The van der Waals surface area contributed by atoms with Crippen molar-refractivity contribution in [3.8, 4) is 11.5 Å². The van der Waals surface area contributed by atoms with Crippen LogP contribution in [0.25, 0.3) is 21.8 Å². The number of hydrogen-bond acceptors (Lipinski definition) is 8. The average Bonchev–Trinajstić information content (AvgIpc) is 3.43. The van der Waals surface area contributed by atoms with E-state index in [-0.39, 0.29) is 10.8 Å². The SMILES string of the molecule is COc1ccc(CN(Cc2ccc(OC)cc2)c2ncccc2CN2CCn3ncc4c(Br)c(F)c5nc(Cl)nc2c5c43)cc1. The number of pyridine rings is 1. The lowest BCUT2D eigenvalue weighted by Crippen LogP contribution is -2.30. The maximum atomic E-state index is 15.6. The molecule has 3 aromatic heterocycles. The summed E-state index contributed by atoms with van der Waals surface area (Å²) in [6.45, 7) is 2.81. The summed E-state index contributed by atoms with van der Waals surface area (Å²) in [5.74, 6) is 2.50. The van der Waals surface area contributed by atoms with Gasteiger partial charge in [0.05, 0.1) is 42.3 Å². The van der Waals surface area contributed by atoms with E-state index in [1.54, 1.807) is 26.6 Å². The third-order valence-electron chi connectivity index (χ3n) is 8.05. The van der Waals surface area contributed by atoms with Crippen LogP contribution in [0, 0.1) is 5.82 Å². The molecular weight excluding hydrogens is 661 g/mol. The van der Waals surface area contributed by atoms with E-state index in [1.807, 2.05) is 35.0 Å². The van der Waals surface area contributed by atoms with E-state index in [4.69, 9.17) is 26.1 Å². The number of methoxy groups -OCH3 is 2. The van der Waals surface area contributed by atoms with Crippen LogP contribution < -0.4 is 19.3 Å². The second kappa shape index (κ2) is 12.1. The zero-order valence-electron chi connectivity index (χ0n) is 24.5. The number of benzene rings is 3. The van der Waals surface area contributed by atoms with Crippen LogP contribution in [0.3, 0.4) is 0 Å². The van der Waals surface area contributed by atoms with Crippen molar-refractivity contribution in [2.24, 2.45) is 0 Å². The fourth-order valence-electron chi connectivity index (χ4n) is 5.86. The van der Waals surface area contributed by atoms with Gasteiger partial charge in [0.25, 0.3) is 0 Å². The Kier molecular flexibility index (Phi) is 7.88. The zero-order chi connectivity index (χ0) is 31.1. The molecule has 0 saturated carbocycles. The molecule has 0 amide bonds. The first kappa shape index (κ1) is 29.2. The number of anilines is 2. The molecule has 0 fully saturated rings. The van der Waals surface area contributed by atoms with Gasteiger partial charge >= 0.3 is 0 Å². The standard InChI is InChI=1S/C33H28BrClFN7O2/c1-44-23-9-5-20(6-10-23)17-42(18-21-7-11-24(45-2)12-8-21)31-22(4-3-13-37-31)19-41-14-15-43-30-25(16-38-43)27(34)28(36)29-26(30)32(41)40-33(35)39-29/h3-13,16H,14-15,17-19H2,1-2H3. The number of rotatable bonds is 9. The van der Waals surface area contributed by atoms with Gasteiger partial charge in [-0.15, -0.1) is 0 Å². The molecule has 3 aromatic carbocycles. The highest BCUT2D eigenvalue weighted by atomic mass is 79.9. The van der Waals surface area contributed by atoms with Gasteiger partial charge in [0.15, 0.2) is 5.82 Å². The van der Waals surface area contributed by atoms with Crippen LogP contribution >= 0.6 is 27.5 Å². The molecule has 9 nitrogen and oxygen atoms in total. The Morgan fingerprint density at radius 3 is 2.24 bits per heavy atom. The number of halogens is 3. The molecule has 0 radical (unpaired) electrons. The van der Waals surface area contributed by atoms with Crippen LogP contribution in [0.5, 0.6) is 11.5 Å². The summed E-state index contributed by atoms with van der Waals surface area (Å²) >= 11 is 9.81. The molecule has 4 heterocycles. The van der Waals surface area contributed by atoms with Crippen molar-refractivity contribution in [2.45, 2.75) is 26.2 Å². The summed E-state index contributed by atoms with van der Waals surface area (Å²) in [6, 6.07) is 20.1. The fraction of sp³-hybridized carbons (Fsp3) is 0.212. The van der Waals surface area contributed by atoms with E-state index in [0.717, 1.165) is 39.5 Å². The second-order valence-corrected chi connectivity index (χ2v) is 11.9. The van der Waals surface area contributed by atoms with Gasteiger partial charge in [-0.05, 0) is 69.0 Å². The van der Waals surface area contributed by atoms with Crippen molar-refractivity contribution in [3.63, 3.8) is 0 Å². The van der Waals surface area contributed by atoms with Crippen molar-refractivity contribution < 1.29 is 13.9 Å². The van der Waals surface area contributed by atoms with Crippen LogP contribution in [0.4, 0.5) is 16.0 Å². The maximum Gasteiger partial charge on any atom is 0.225 e. The van der Waals surface area contributed by atoms with Crippen molar-refractivity contribution in [3.05, 3.63) is 105 Å². The average molecular weight is 689 g/mol. The number of ether oxygens (including phenoxy) is 2. The highest BCUT2D eigenvalue weighted by molar-refractivity contribution is 9.10. The molecule has 0 atom stereocenters. The van der Waals surface area contributed by atoms with Gasteiger partial charge in [0.1, 0.15) is 28.7 Å². The summed E-state index contributed by atoms with van der Waals surface area (Å²) in [4.78, 5) is 18.2. The van der Waals surface area contributed by atoms with Gasteiger partial charge in [-0.3, -0.25) is 4.68 Å². The number of nitrogens with zero attached hydrogens (tertiary/aromatic N) is 7. The second-order valence-electron chi connectivity index (χ2n) is 10.8. The van der Waals surface area contributed by atoms with E-state index in [9.17, 15) is 0 Å². The van der Waals surface area contributed by atoms with Gasteiger partial charge in [0.2, 0.25) is 5.28 Å². The minimum absolute atomic E-state index is 0.0207. The molecule has 45 heavy (non-hydrogen) atoms. The van der Waals surface area contributed by atoms with Crippen LogP contribution in [-0.4, -0.2) is 45.5 Å². The molecule has 0 bridgehead atoms. The summed E-state index contributed by atoms with van der Waals surface area (Å²) in [7, 11) is 3.32. The first-order valence-corrected chi connectivity index (χ1v) is 15.5. The molecule has 0 N–H and O–H groups in total. The van der Waals surface area contributed by atoms with Crippen LogP contribution in [0.2, 0.25) is 5.28 Å². The molecule has 1 aliphatic heterocycles. The maximum absolute atomic E-state index is 15.6. The van der Waals surface area contributed by atoms with Gasteiger partial charge in [-0.1, -0.05) is 30.3 Å². The predicted molar refractivity (Wildman–Crippen MR) is 177 cm³/mol. The Morgan fingerprint density at radius 2 is 1.60 bits per heavy atom. The normalized spacial score (nSPS) is 12.6. The van der Waals surface area contributed by atoms with E-state index < -0.39 is 5.82 Å². The Balaban J connectivity index is 1.30. The third kappa shape index (κ3) is 5.51.